The molecule has 1 aromatic carbocycles. The third-order valence-corrected chi connectivity index (χ3v) is 6.84. The number of hydrogen-bond acceptors (Lipinski definition) is 7. The number of hydrogen-bond donors (Lipinski definition) is 1. The Morgan fingerprint density at radius 3 is 2.65 bits per heavy atom. The summed E-state index contributed by atoms with van der Waals surface area (Å²) in [6.45, 7) is 1.00. The summed E-state index contributed by atoms with van der Waals surface area (Å²) in [5.41, 5.74) is 3.03. The lowest BCUT2D eigenvalue weighted by atomic mass is 9.99. The molecule has 0 bridgehead atoms. The van der Waals surface area contributed by atoms with Crippen LogP contribution in [0.15, 0.2) is 42.9 Å². The maximum Gasteiger partial charge on any atom is 0.231 e. The second-order valence-corrected chi connectivity index (χ2v) is 9.58. The van der Waals surface area contributed by atoms with Gasteiger partial charge in [0.2, 0.25) is 15.9 Å². The summed E-state index contributed by atoms with van der Waals surface area (Å²) in [4.78, 5) is 8.53. The van der Waals surface area contributed by atoms with Gasteiger partial charge in [-0.2, -0.15) is 5.26 Å². The van der Waals surface area contributed by atoms with Gasteiger partial charge >= 0.3 is 0 Å². The van der Waals surface area contributed by atoms with Crippen LogP contribution in [0.2, 0.25) is 0 Å². The van der Waals surface area contributed by atoms with Gasteiger partial charge in [0.15, 0.2) is 0 Å². The van der Waals surface area contributed by atoms with Gasteiger partial charge in [-0.05, 0) is 48.1 Å². The summed E-state index contributed by atoms with van der Waals surface area (Å²) >= 11 is 0. The van der Waals surface area contributed by atoms with Crippen molar-refractivity contribution in [3.63, 3.8) is 0 Å². The van der Waals surface area contributed by atoms with Gasteiger partial charge in [0.1, 0.15) is 11.6 Å². The number of nitriles is 1. The van der Waals surface area contributed by atoms with E-state index in [1.807, 2.05) is 24.4 Å². The van der Waals surface area contributed by atoms with E-state index in [1.165, 1.54) is 17.7 Å². The van der Waals surface area contributed by atoms with Gasteiger partial charge in [0.25, 0.3) is 0 Å². The third kappa shape index (κ3) is 4.45. The number of aromatic nitrogens is 2. The summed E-state index contributed by atoms with van der Waals surface area (Å²) in [7, 11) is -1.67. The van der Waals surface area contributed by atoms with Gasteiger partial charge in [0.05, 0.1) is 13.4 Å². The summed E-state index contributed by atoms with van der Waals surface area (Å²) in [5, 5.41) is 15.0. The van der Waals surface area contributed by atoms with E-state index in [0.717, 1.165) is 40.4 Å². The fourth-order valence-electron chi connectivity index (χ4n) is 3.89. The molecule has 1 aliphatic heterocycles. The molecule has 0 unspecified atom stereocenters. The Labute approximate surface area is 181 Å². The molecule has 8 nitrogen and oxygen atoms in total. The molecule has 1 aliphatic rings. The normalized spacial score (nSPS) is 15.5. The van der Waals surface area contributed by atoms with E-state index in [0.29, 0.717) is 24.5 Å². The number of anilines is 1. The van der Waals surface area contributed by atoms with Crippen LogP contribution in [-0.2, 0) is 10.0 Å². The number of sulfonamides is 1. The van der Waals surface area contributed by atoms with Crippen molar-refractivity contribution in [3.8, 4) is 23.1 Å². The standard InChI is InChI=1S/C22H23N5O3S/c1-30-22-17(12-23)10-18(13-25-22)16-9-15-3-6-24-14-20(15)21(11-16)26-19-4-7-27(8-5-19)31(2,28)29/h3,6,9-11,13-14,19,26H,4-5,7-8H2,1-2H3. The highest BCUT2D eigenvalue weighted by atomic mass is 32.2. The molecule has 1 saturated heterocycles. The first-order valence-electron chi connectivity index (χ1n) is 9.93. The number of ether oxygens (including phenoxy) is 1. The Hall–Kier alpha value is -3.22. The van der Waals surface area contributed by atoms with Crippen molar-refractivity contribution < 1.29 is 13.2 Å². The van der Waals surface area contributed by atoms with Crippen molar-refractivity contribution in [2.24, 2.45) is 0 Å². The molecule has 0 aliphatic carbocycles. The number of nitrogens with zero attached hydrogens (tertiary/aromatic N) is 4. The molecule has 0 spiro atoms. The lowest BCUT2D eigenvalue weighted by Gasteiger charge is -2.31. The van der Waals surface area contributed by atoms with Crippen LogP contribution < -0.4 is 10.1 Å². The molecule has 0 atom stereocenters. The number of methoxy groups -OCH3 is 1. The first-order valence-corrected chi connectivity index (χ1v) is 11.8. The number of pyridine rings is 2. The van der Waals surface area contributed by atoms with E-state index < -0.39 is 10.0 Å². The topological polar surface area (TPSA) is 108 Å². The van der Waals surface area contributed by atoms with Crippen molar-refractivity contribution in [2.75, 3.05) is 31.8 Å². The second kappa shape index (κ2) is 8.49. The van der Waals surface area contributed by atoms with Crippen molar-refractivity contribution >= 4 is 26.5 Å². The van der Waals surface area contributed by atoms with Crippen molar-refractivity contribution in [2.45, 2.75) is 18.9 Å². The van der Waals surface area contributed by atoms with E-state index in [1.54, 1.807) is 18.5 Å². The van der Waals surface area contributed by atoms with E-state index >= 15 is 0 Å². The summed E-state index contributed by atoms with van der Waals surface area (Å²) < 4.78 is 30.2. The zero-order valence-electron chi connectivity index (χ0n) is 17.4. The molecule has 0 radical (unpaired) electrons. The van der Waals surface area contributed by atoms with Gasteiger partial charge in [-0.3, -0.25) is 4.98 Å². The average Bonchev–Trinajstić information content (AvgIpc) is 2.78. The number of benzene rings is 1. The van der Waals surface area contributed by atoms with Crippen LogP contribution in [0.3, 0.4) is 0 Å². The van der Waals surface area contributed by atoms with E-state index in [-0.39, 0.29) is 6.04 Å². The maximum atomic E-state index is 11.8. The predicted octanol–water partition coefficient (Wildman–Crippen LogP) is 3.01. The van der Waals surface area contributed by atoms with Crippen LogP contribution in [0.4, 0.5) is 5.69 Å². The highest BCUT2D eigenvalue weighted by Gasteiger charge is 2.25. The summed E-state index contributed by atoms with van der Waals surface area (Å²) in [6.07, 6.45) is 7.95. The molecule has 3 aromatic rings. The molecule has 31 heavy (non-hydrogen) atoms. The van der Waals surface area contributed by atoms with Crippen LogP contribution >= 0.6 is 0 Å². The predicted molar refractivity (Wildman–Crippen MR) is 119 cm³/mol. The van der Waals surface area contributed by atoms with Crippen LogP contribution in [0.1, 0.15) is 18.4 Å². The monoisotopic (exact) mass is 437 g/mol. The van der Waals surface area contributed by atoms with Crippen molar-refractivity contribution in [1.82, 2.24) is 14.3 Å². The van der Waals surface area contributed by atoms with Crippen molar-refractivity contribution in [1.29, 1.82) is 5.26 Å². The minimum atomic E-state index is -3.16. The van der Waals surface area contributed by atoms with Gasteiger partial charge in [-0.25, -0.2) is 17.7 Å². The Morgan fingerprint density at radius 2 is 1.97 bits per heavy atom. The largest absolute Gasteiger partial charge is 0.480 e. The van der Waals surface area contributed by atoms with Gasteiger partial charge in [0, 0.05) is 54.4 Å². The Kier molecular flexibility index (Phi) is 5.76. The molecular formula is C22H23N5O3S. The molecule has 3 heterocycles. The number of rotatable bonds is 5. The van der Waals surface area contributed by atoms with Gasteiger partial charge < -0.3 is 10.1 Å². The zero-order chi connectivity index (χ0) is 22.0. The fraction of sp³-hybridized carbons (Fsp3) is 0.318. The first kappa shape index (κ1) is 21.0. The van der Waals surface area contributed by atoms with Crippen LogP contribution in [0.5, 0.6) is 5.88 Å². The fourth-order valence-corrected chi connectivity index (χ4v) is 4.76. The van der Waals surface area contributed by atoms with E-state index in [9.17, 15) is 13.7 Å². The SMILES string of the molecule is COc1ncc(-c2cc(NC3CCN(S(C)(=O)=O)CC3)c3cnccc3c2)cc1C#N. The highest BCUT2D eigenvalue weighted by Crippen LogP contribution is 2.33. The molecule has 1 fully saturated rings. The lowest BCUT2D eigenvalue weighted by molar-refractivity contribution is 0.332. The lowest BCUT2D eigenvalue weighted by Crippen LogP contribution is -2.41. The Morgan fingerprint density at radius 1 is 1.19 bits per heavy atom. The maximum absolute atomic E-state index is 11.8. The van der Waals surface area contributed by atoms with Crippen molar-refractivity contribution in [3.05, 3.63) is 48.4 Å². The zero-order valence-corrected chi connectivity index (χ0v) is 18.2. The molecule has 2 aromatic heterocycles. The quantitative estimate of drug-likeness (QED) is 0.653. The summed E-state index contributed by atoms with van der Waals surface area (Å²) in [5.74, 6) is 0.298. The minimum Gasteiger partial charge on any atom is -0.480 e. The molecule has 0 saturated carbocycles. The highest BCUT2D eigenvalue weighted by molar-refractivity contribution is 7.88. The number of piperidine rings is 1. The molecular weight excluding hydrogens is 414 g/mol. The summed E-state index contributed by atoms with van der Waals surface area (Å²) in [6, 6.07) is 10.1. The van der Waals surface area contributed by atoms with Crippen LogP contribution in [0.25, 0.3) is 21.9 Å². The number of fused-ring (bicyclic) bond motifs is 1. The molecule has 0 amide bonds. The third-order valence-electron chi connectivity index (χ3n) is 5.54. The Balaban J connectivity index is 1.67. The molecule has 9 heteroatoms. The van der Waals surface area contributed by atoms with Crippen LogP contribution in [-0.4, -0.2) is 55.2 Å². The molecule has 4 rings (SSSR count). The van der Waals surface area contributed by atoms with E-state index in [4.69, 9.17) is 4.74 Å². The van der Waals surface area contributed by atoms with Gasteiger partial charge in [-0.1, -0.05) is 0 Å². The average molecular weight is 438 g/mol. The van der Waals surface area contributed by atoms with Gasteiger partial charge in [-0.15, -0.1) is 0 Å². The Bertz CT molecular complexity index is 1260. The minimum absolute atomic E-state index is 0.153. The molecule has 1 N–H and O–H groups in total. The molecule has 160 valence electrons. The second-order valence-electron chi connectivity index (χ2n) is 7.59. The smallest absolute Gasteiger partial charge is 0.231 e. The van der Waals surface area contributed by atoms with E-state index in [2.05, 4.69) is 21.4 Å². The first-order chi connectivity index (χ1) is 14.9. The number of nitrogens with one attached hydrogen (secondary N) is 1. The van der Waals surface area contributed by atoms with Crippen LogP contribution in [0, 0.1) is 11.3 Å².